The third kappa shape index (κ3) is 3.99. The Morgan fingerprint density at radius 1 is 1.22 bits per heavy atom. The van der Waals surface area contributed by atoms with Crippen LogP contribution in [0.2, 0.25) is 0 Å². The normalized spacial score (nSPS) is 21.9. The van der Waals surface area contributed by atoms with Gasteiger partial charge in [-0.1, -0.05) is 18.2 Å². The van der Waals surface area contributed by atoms with Gasteiger partial charge in [-0.2, -0.15) is 0 Å². The predicted molar refractivity (Wildman–Crippen MR) is 113 cm³/mol. The first-order chi connectivity index (χ1) is 15.4. The van der Waals surface area contributed by atoms with Crippen LogP contribution in [0.3, 0.4) is 0 Å². The van der Waals surface area contributed by atoms with Crippen molar-refractivity contribution in [2.45, 2.75) is 30.8 Å². The molecule has 4 rings (SSSR count). The van der Waals surface area contributed by atoms with E-state index >= 15 is 0 Å². The second-order valence-electron chi connectivity index (χ2n) is 7.84. The number of rotatable bonds is 7. The second kappa shape index (κ2) is 8.88. The highest BCUT2D eigenvalue weighted by Crippen LogP contribution is 2.36. The number of hydrogen-bond acceptors (Lipinski definition) is 7. The number of amides is 2. The highest BCUT2D eigenvalue weighted by Gasteiger charge is 2.63. The monoisotopic (exact) mass is 435 g/mol. The summed E-state index contributed by atoms with van der Waals surface area (Å²) in [7, 11) is 0. The topological polar surface area (TPSA) is 132 Å². The molecule has 1 aromatic carbocycles. The fraction of sp³-hybridized carbons (Fsp3) is 0.304. The third-order valence-electron chi connectivity index (χ3n) is 5.94. The predicted octanol–water partition coefficient (Wildman–Crippen LogP) is 0.610. The molecule has 3 N–H and O–H groups in total. The average molecular weight is 435 g/mol. The van der Waals surface area contributed by atoms with Crippen LogP contribution in [0, 0.1) is 6.42 Å². The lowest BCUT2D eigenvalue weighted by Crippen LogP contribution is -2.62. The van der Waals surface area contributed by atoms with Crippen LogP contribution in [-0.4, -0.2) is 58.1 Å². The molecule has 0 aliphatic carbocycles. The molecule has 1 radical (unpaired) electrons. The van der Waals surface area contributed by atoms with Crippen LogP contribution in [-0.2, 0) is 27.2 Å². The minimum atomic E-state index is -1.48. The van der Waals surface area contributed by atoms with Gasteiger partial charge in [0, 0.05) is 31.4 Å². The van der Waals surface area contributed by atoms with Crippen molar-refractivity contribution in [3.63, 3.8) is 0 Å². The molecule has 2 amide bonds. The molecule has 2 fully saturated rings. The molecular formula is C23H23N4O5. The quantitative estimate of drug-likeness (QED) is 0.609. The summed E-state index contributed by atoms with van der Waals surface area (Å²) in [5.41, 5.74) is 5.01. The van der Waals surface area contributed by atoms with Crippen LogP contribution in [0.25, 0.3) is 0 Å². The van der Waals surface area contributed by atoms with Crippen molar-refractivity contribution in [2.24, 2.45) is 5.73 Å². The van der Waals surface area contributed by atoms with Gasteiger partial charge in [0.1, 0.15) is 5.75 Å². The fourth-order valence-electron chi connectivity index (χ4n) is 4.51. The van der Waals surface area contributed by atoms with Crippen molar-refractivity contribution in [3.05, 3.63) is 66.3 Å². The first-order valence-electron chi connectivity index (χ1n) is 10.3. The molecular weight excluding hydrogens is 412 g/mol. The third-order valence-corrected chi connectivity index (χ3v) is 5.94. The molecule has 9 heteroatoms. The van der Waals surface area contributed by atoms with Gasteiger partial charge in [-0.15, -0.1) is 0 Å². The van der Waals surface area contributed by atoms with E-state index in [4.69, 9.17) is 10.5 Å². The summed E-state index contributed by atoms with van der Waals surface area (Å²) in [6.45, 7) is 0.386. The molecule has 9 nitrogen and oxygen atoms in total. The Labute approximate surface area is 184 Å². The molecule has 2 unspecified atom stereocenters. The second-order valence-corrected chi connectivity index (χ2v) is 7.84. The van der Waals surface area contributed by atoms with E-state index in [1.54, 1.807) is 48.8 Å². The molecule has 2 aromatic rings. The van der Waals surface area contributed by atoms with Crippen LogP contribution in [0.1, 0.15) is 17.5 Å². The van der Waals surface area contributed by atoms with E-state index in [0.717, 1.165) is 5.56 Å². The van der Waals surface area contributed by atoms with Crippen LogP contribution >= 0.6 is 0 Å². The number of likely N-dealkylation sites (tertiary alicyclic amines) is 1. The molecule has 2 aliphatic rings. The van der Waals surface area contributed by atoms with Gasteiger partial charge in [0.25, 0.3) is 0 Å². The van der Waals surface area contributed by atoms with Gasteiger partial charge in [-0.25, -0.2) is 4.79 Å². The number of Topliss-reactive ketones (excluding diaryl/α,β-unsaturated/α-hetero) is 2. The summed E-state index contributed by atoms with van der Waals surface area (Å²) >= 11 is 0. The van der Waals surface area contributed by atoms with E-state index in [1.165, 1.54) is 11.3 Å². The van der Waals surface area contributed by atoms with Crippen LogP contribution in [0.4, 0.5) is 4.79 Å². The summed E-state index contributed by atoms with van der Waals surface area (Å²) in [4.78, 5) is 55.7. The minimum Gasteiger partial charge on any atom is -0.411 e. The zero-order chi connectivity index (χ0) is 22.7. The zero-order valence-electron chi connectivity index (χ0n) is 17.3. The smallest absolute Gasteiger partial charge is 0.409 e. The Morgan fingerprint density at radius 2 is 2.00 bits per heavy atom. The van der Waals surface area contributed by atoms with E-state index in [9.17, 15) is 19.2 Å². The van der Waals surface area contributed by atoms with Crippen molar-refractivity contribution in [1.29, 1.82) is 0 Å². The first kappa shape index (κ1) is 21.6. The number of carbonyl (C=O) groups is 4. The Balaban J connectivity index is 1.48. The maximum atomic E-state index is 13.4. The highest BCUT2D eigenvalue weighted by molar-refractivity contribution is 6.18. The van der Waals surface area contributed by atoms with Gasteiger partial charge < -0.3 is 20.7 Å². The van der Waals surface area contributed by atoms with Crippen molar-refractivity contribution in [1.82, 2.24) is 15.2 Å². The number of benzene rings is 1. The molecule has 165 valence electrons. The number of nitrogens with zero attached hydrogens (tertiary/aromatic N) is 2. The summed E-state index contributed by atoms with van der Waals surface area (Å²) in [5.74, 6) is -0.625. The number of aromatic nitrogens is 1. The molecule has 2 atom stereocenters. The summed E-state index contributed by atoms with van der Waals surface area (Å²) < 4.78 is 4.79. The number of primary amides is 1. The van der Waals surface area contributed by atoms with Crippen LogP contribution in [0.15, 0.2) is 48.8 Å². The number of hydrogen-bond donors (Lipinski definition) is 2. The van der Waals surface area contributed by atoms with E-state index in [1.807, 2.05) is 0 Å². The van der Waals surface area contributed by atoms with Gasteiger partial charge in [-0.05, 0) is 42.2 Å². The lowest BCUT2D eigenvalue weighted by Gasteiger charge is -2.35. The summed E-state index contributed by atoms with van der Waals surface area (Å²) in [6, 6.07) is 9.70. The molecule has 2 aliphatic heterocycles. The number of nitrogens with one attached hydrogen (secondary N) is 1. The number of ether oxygens (including phenoxy) is 1. The molecule has 0 bridgehead atoms. The largest absolute Gasteiger partial charge is 0.411 e. The van der Waals surface area contributed by atoms with E-state index < -0.39 is 11.6 Å². The maximum absolute atomic E-state index is 13.4. The molecule has 0 spiro atoms. The van der Waals surface area contributed by atoms with Gasteiger partial charge in [0.15, 0.2) is 17.1 Å². The van der Waals surface area contributed by atoms with Crippen molar-refractivity contribution >= 4 is 23.6 Å². The standard InChI is InChI=1S/C23H23N4O5/c24-22(31)32-17-6-3-15(4-7-17)5-8-21(30)27-11-9-18-23(27,20(29)14-26-18)19(28)12-16-2-1-10-25-13-16/h1-4,6-8,10,13,18,26H,5,9,11-12,14H2,(H2,24,31). The number of nitrogens with two attached hydrogens (primary N) is 1. The highest BCUT2D eigenvalue weighted by atomic mass is 16.5. The molecule has 0 saturated carbocycles. The number of pyridine rings is 1. The number of carbonyl (C=O) groups excluding carboxylic acids is 4. The molecule has 1 aromatic heterocycles. The lowest BCUT2D eigenvalue weighted by atomic mass is 9.82. The first-order valence-corrected chi connectivity index (χ1v) is 10.3. The summed E-state index contributed by atoms with van der Waals surface area (Å²) in [6.07, 6.45) is 4.63. The Kier molecular flexibility index (Phi) is 6.00. The van der Waals surface area contributed by atoms with Crippen LogP contribution in [0.5, 0.6) is 5.75 Å². The van der Waals surface area contributed by atoms with E-state index in [2.05, 4.69) is 10.3 Å². The number of fused-ring (bicyclic) bond motifs is 1. The van der Waals surface area contributed by atoms with Gasteiger partial charge >= 0.3 is 6.09 Å². The lowest BCUT2D eigenvalue weighted by molar-refractivity contribution is -0.148. The Hall–Kier alpha value is -3.59. The van der Waals surface area contributed by atoms with Gasteiger partial charge in [0.2, 0.25) is 5.91 Å². The minimum absolute atomic E-state index is 0.0306. The van der Waals surface area contributed by atoms with Crippen LogP contribution < -0.4 is 15.8 Å². The Morgan fingerprint density at radius 3 is 2.69 bits per heavy atom. The SMILES string of the molecule is NC(=O)Oc1ccc(C[CH]C(=O)N2CCC3NCC(=O)C32C(=O)Cc2cccnc2)cc1. The van der Waals surface area contributed by atoms with Gasteiger partial charge in [-0.3, -0.25) is 19.4 Å². The van der Waals surface area contributed by atoms with Crippen molar-refractivity contribution < 1.29 is 23.9 Å². The van der Waals surface area contributed by atoms with E-state index in [0.29, 0.717) is 30.7 Å². The maximum Gasteiger partial charge on any atom is 0.409 e. The van der Waals surface area contributed by atoms with Crippen molar-refractivity contribution in [2.75, 3.05) is 13.1 Å². The molecule has 3 heterocycles. The van der Waals surface area contributed by atoms with Crippen molar-refractivity contribution in [3.8, 4) is 5.75 Å². The van der Waals surface area contributed by atoms with Gasteiger partial charge in [0.05, 0.1) is 13.0 Å². The Bertz CT molecular complexity index is 1040. The fourth-order valence-corrected chi connectivity index (χ4v) is 4.51. The average Bonchev–Trinajstić information content (AvgIpc) is 3.32. The zero-order valence-corrected chi connectivity index (χ0v) is 17.3. The number of ketones is 2. The molecule has 2 saturated heterocycles. The van der Waals surface area contributed by atoms with E-state index in [-0.39, 0.29) is 36.5 Å². The summed E-state index contributed by atoms with van der Waals surface area (Å²) in [5, 5.41) is 3.11. The molecule has 32 heavy (non-hydrogen) atoms.